The molecule has 0 aromatic heterocycles. The summed E-state index contributed by atoms with van der Waals surface area (Å²) < 4.78 is 31.9. The van der Waals surface area contributed by atoms with Crippen LogP contribution in [-0.4, -0.2) is 18.0 Å². The molecule has 0 saturated carbocycles. The van der Waals surface area contributed by atoms with E-state index in [4.69, 9.17) is 4.74 Å². The zero-order chi connectivity index (χ0) is 20.1. The van der Waals surface area contributed by atoms with E-state index in [0.29, 0.717) is 11.8 Å². The Balaban J connectivity index is 1.52. The van der Waals surface area contributed by atoms with Crippen molar-refractivity contribution in [2.75, 3.05) is 5.32 Å². The van der Waals surface area contributed by atoms with Crippen LogP contribution in [0.5, 0.6) is 5.75 Å². The second kappa shape index (κ2) is 8.34. The van der Waals surface area contributed by atoms with Crippen LogP contribution in [0.25, 0.3) is 10.8 Å². The number of amides is 3. The van der Waals surface area contributed by atoms with Gasteiger partial charge in [0.05, 0.1) is 5.69 Å². The molecule has 0 aliphatic heterocycles. The topological polar surface area (TPSA) is 79.5 Å². The smallest absolute Gasteiger partial charge is 0.338 e. The summed E-state index contributed by atoms with van der Waals surface area (Å²) in [4.78, 5) is 23.8. The molecule has 3 amide bonds. The Morgan fingerprint density at radius 2 is 1.68 bits per heavy atom. The summed E-state index contributed by atoms with van der Waals surface area (Å²) in [6, 6.07) is 14.9. The van der Waals surface area contributed by atoms with E-state index in [0.717, 1.165) is 22.9 Å². The van der Waals surface area contributed by atoms with Gasteiger partial charge < -0.3 is 10.1 Å². The van der Waals surface area contributed by atoms with Gasteiger partial charge in [0.15, 0.2) is 6.10 Å². The molecule has 0 radical (unpaired) electrons. The van der Waals surface area contributed by atoms with Gasteiger partial charge in [0.25, 0.3) is 5.91 Å². The first kappa shape index (κ1) is 19.1. The Kier molecular flexibility index (Phi) is 5.69. The largest absolute Gasteiger partial charge is 0.481 e. The first-order valence-electron chi connectivity index (χ1n) is 8.40. The molecule has 28 heavy (non-hydrogen) atoms. The summed E-state index contributed by atoms with van der Waals surface area (Å²) in [7, 11) is 0. The summed E-state index contributed by atoms with van der Waals surface area (Å²) in [5.41, 5.74) is 4.02. The molecule has 0 fully saturated rings. The molecule has 0 saturated heterocycles. The number of carbonyl (C=O) groups is 2. The molecule has 6 nitrogen and oxygen atoms in total. The highest BCUT2D eigenvalue weighted by Gasteiger charge is 2.16. The summed E-state index contributed by atoms with van der Waals surface area (Å²) in [5, 5.41) is 4.16. The van der Waals surface area contributed by atoms with E-state index in [9.17, 15) is 18.4 Å². The number of carbonyl (C=O) groups excluding carboxylic acids is 2. The van der Waals surface area contributed by atoms with Crippen molar-refractivity contribution in [1.29, 1.82) is 0 Å². The van der Waals surface area contributed by atoms with Crippen LogP contribution >= 0.6 is 0 Å². The number of ether oxygens (including phenoxy) is 1. The van der Waals surface area contributed by atoms with E-state index < -0.39 is 29.7 Å². The fourth-order valence-corrected chi connectivity index (χ4v) is 2.46. The molecule has 0 heterocycles. The lowest BCUT2D eigenvalue weighted by Gasteiger charge is -2.16. The minimum Gasteiger partial charge on any atom is -0.481 e. The zero-order valence-corrected chi connectivity index (χ0v) is 14.8. The van der Waals surface area contributed by atoms with Crippen molar-refractivity contribution >= 4 is 28.4 Å². The van der Waals surface area contributed by atoms with E-state index >= 15 is 0 Å². The second-order valence-electron chi connectivity index (χ2n) is 5.96. The summed E-state index contributed by atoms with van der Waals surface area (Å²) in [6.45, 7) is 1.52. The molecule has 3 aromatic carbocycles. The van der Waals surface area contributed by atoms with Crippen molar-refractivity contribution in [3.8, 4) is 5.75 Å². The summed E-state index contributed by atoms with van der Waals surface area (Å²) in [6.07, 6.45) is -0.899. The van der Waals surface area contributed by atoms with Crippen LogP contribution in [0.3, 0.4) is 0 Å². The number of nitrogens with one attached hydrogen (secondary N) is 3. The zero-order valence-electron chi connectivity index (χ0n) is 14.8. The van der Waals surface area contributed by atoms with E-state index in [-0.39, 0.29) is 5.69 Å². The molecule has 3 aromatic rings. The number of hydrogen-bond donors (Lipinski definition) is 3. The molecule has 0 unspecified atom stereocenters. The molecule has 3 rings (SSSR count). The number of fused-ring (bicyclic) bond motifs is 1. The minimum absolute atomic E-state index is 0.228. The average Bonchev–Trinajstić information content (AvgIpc) is 2.68. The predicted molar refractivity (Wildman–Crippen MR) is 101 cm³/mol. The van der Waals surface area contributed by atoms with Gasteiger partial charge in [-0.3, -0.25) is 10.2 Å². The molecule has 0 spiro atoms. The number of rotatable bonds is 4. The monoisotopic (exact) mass is 385 g/mol. The molecule has 0 aliphatic carbocycles. The lowest BCUT2D eigenvalue weighted by molar-refractivity contribution is -0.127. The third kappa shape index (κ3) is 4.73. The van der Waals surface area contributed by atoms with Gasteiger partial charge in [-0.2, -0.15) is 0 Å². The van der Waals surface area contributed by atoms with Gasteiger partial charge in [-0.05, 0) is 42.0 Å². The van der Waals surface area contributed by atoms with Crippen molar-refractivity contribution in [2.45, 2.75) is 13.0 Å². The number of halogens is 2. The third-order valence-corrected chi connectivity index (χ3v) is 3.88. The van der Waals surface area contributed by atoms with Crippen molar-refractivity contribution < 1.29 is 23.1 Å². The third-order valence-electron chi connectivity index (χ3n) is 3.88. The Morgan fingerprint density at radius 1 is 0.929 bits per heavy atom. The van der Waals surface area contributed by atoms with Crippen LogP contribution in [-0.2, 0) is 4.79 Å². The number of urea groups is 1. The Bertz CT molecular complexity index is 1030. The average molecular weight is 385 g/mol. The molecule has 0 bridgehead atoms. The predicted octanol–water partition coefficient (Wildman–Crippen LogP) is 3.74. The SMILES string of the molecule is C[C@H](Oc1ccc2ccccc2c1)C(=O)NNC(=O)Nc1ccc(F)cc1F. The fraction of sp³-hybridized carbons (Fsp3) is 0.100. The van der Waals surface area contributed by atoms with E-state index in [1.54, 1.807) is 12.1 Å². The van der Waals surface area contributed by atoms with Gasteiger partial charge in [-0.1, -0.05) is 30.3 Å². The van der Waals surface area contributed by atoms with E-state index in [2.05, 4.69) is 16.2 Å². The molecule has 1 atom stereocenters. The quantitative estimate of drug-likeness (QED) is 0.599. The van der Waals surface area contributed by atoms with Crippen molar-refractivity contribution in [1.82, 2.24) is 10.9 Å². The highest BCUT2D eigenvalue weighted by atomic mass is 19.1. The molecule has 8 heteroatoms. The Labute approximate surface area is 159 Å². The van der Waals surface area contributed by atoms with Crippen molar-refractivity contribution in [3.05, 3.63) is 72.3 Å². The van der Waals surface area contributed by atoms with Gasteiger partial charge in [-0.15, -0.1) is 0 Å². The van der Waals surface area contributed by atoms with Crippen LogP contribution in [0, 0.1) is 11.6 Å². The maximum Gasteiger partial charge on any atom is 0.338 e. The highest BCUT2D eigenvalue weighted by Crippen LogP contribution is 2.21. The first-order chi connectivity index (χ1) is 13.4. The van der Waals surface area contributed by atoms with Crippen LogP contribution in [0.2, 0.25) is 0 Å². The number of benzene rings is 3. The number of hydrogen-bond acceptors (Lipinski definition) is 3. The first-order valence-corrected chi connectivity index (χ1v) is 8.40. The minimum atomic E-state index is -0.936. The second-order valence-corrected chi connectivity index (χ2v) is 5.96. The molecule has 144 valence electrons. The molecular weight excluding hydrogens is 368 g/mol. The van der Waals surface area contributed by atoms with Crippen LogP contribution in [0.15, 0.2) is 60.7 Å². The van der Waals surface area contributed by atoms with Crippen LogP contribution in [0.1, 0.15) is 6.92 Å². The lowest BCUT2D eigenvalue weighted by Crippen LogP contribution is -2.48. The lowest BCUT2D eigenvalue weighted by atomic mass is 10.1. The van der Waals surface area contributed by atoms with Gasteiger partial charge in [0.1, 0.15) is 17.4 Å². The van der Waals surface area contributed by atoms with Crippen LogP contribution in [0.4, 0.5) is 19.3 Å². The van der Waals surface area contributed by atoms with Gasteiger partial charge in [0, 0.05) is 6.07 Å². The summed E-state index contributed by atoms with van der Waals surface area (Å²) in [5.74, 6) is -1.81. The Morgan fingerprint density at radius 3 is 2.43 bits per heavy atom. The Hall–Kier alpha value is -3.68. The molecular formula is C20H17F2N3O3. The number of anilines is 1. The fourth-order valence-electron chi connectivity index (χ4n) is 2.46. The van der Waals surface area contributed by atoms with Gasteiger partial charge in [0.2, 0.25) is 0 Å². The number of hydrazine groups is 1. The van der Waals surface area contributed by atoms with Crippen molar-refractivity contribution in [2.24, 2.45) is 0 Å². The van der Waals surface area contributed by atoms with Crippen LogP contribution < -0.4 is 20.9 Å². The van der Waals surface area contributed by atoms with Gasteiger partial charge >= 0.3 is 6.03 Å². The van der Waals surface area contributed by atoms with Crippen molar-refractivity contribution in [3.63, 3.8) is 0 Å². The van der Waals surface area contributed by atoms with E-state index in [1.807, 2.05) is 30.3 Å². The standard InChI is InChI=1S/C20H17F2N3O3/c1-12(28-16-8-6-13-4-2-3-5-14(13)10-16)19(26)24-25-20(27)23-18-9-7-15(21)11-17(18)22/h2-12H,1H3,(H,24,26)(H2,23,25,27)/t12-/m0/s1. The highest BCUT2D eigenvalue weighted by molar-refractivity contribution is 5.91. The van der Waals surface area contributed by atoms with Gasteiger partial charge in [-0.25, -0.2) is 19.0 Å². The normalized spacial score (nSPS) is 11.5. The maximum absolute atomic E-state index is 13.5. The van der Waals surface area contributed by atoms with E-state index in [1.165, 1.54) is 6.92 Å². The maximum atomic E-state index is 13.5. The molecule has 0 aliphatic rings. The summed E-state index contributed by atoms with van der Waals surface area (Å²) >= 11 is 0. The molecule has 3 N–H and O–H groups in total.